The van der Waals surface area contributed by atoms with E-state index in [0.29, 0.717) is 38.1 Å². The number of piperidine rings is 4. The van der Waals surface area contributed by atoms with Gasteiger partial charge in [-0.1, -0.05) is 0 Å². The molecule has 0 bridgehead atoms. The van der Waals surface area contributed by atoms with E-state index in [9.17, 15) is 31.9 Å². The number of halogens is 2. The van der Waals surface area contributed by atoms with Crippen molar-refractivity contribution in [2.45, 2.75) is 266 Å². The summed E-state index contributed by atoms with van der Waals surface area (Å²) in [5.41, 5.74) is 1.18. The second-order valence-electron chi connectivity index (χ2n) is 32.6. The van der Waals surface area contributed by atoms with Gasteiger partial charge >= 0.3 is 6.03 Å². The number of likely N-dealkylation sites (tertiary alicyclic amines) is 4. The first kappa shape index (κ1) is 80.7. The van der Waals surface area contributed by atoms with Crippen LogP contribution in [0.2, 0.25) is 0 Å². The number of alkyl halides is 2. The summed E-state index contributed by atoms with van der Waals surface area (Å²) in [4.78, 5) is 46.7. The van der Waals surface area contributed by atoms with Gasteiger partial charge in [-0.2, -0.15) is 17.0 Å². The van der Waals surface area contributed by atoms with E-state index in [1.165, 1.54) is 4.31 Å². The van der Waals surface area contributed by atoms with Crippen LogP contribution in [0, 0.1) is 12.5 Å². The third-order valence-corrected chi connectivity index (χ3v) is 19.4. The van der Waals surface area contributed by atoms with Crippen LogP contribution in [-0.4, -0.2) is 274 Å². The average molecular weight is 1230 g/mol. The number of carbonyl (C=O) groups is 2. The first-order valence-corrected chi connectivity index (χ1v) is 33.3. The highest BCUT2D eigenvalue weighted by atomic mass is 32.2. The van der Waals surface area contributed by atoms with E-state index in [2.05, 4.69) is 187 Å². The molecule has 0 saturated carbocycles. The van der Waals surface area contributed by atoms with Crippen LogP contribution in [0.5, 0.6) is 0 Å². The topological polar surface area (TPSA) is 129 Å². The quantitative estimate of drug-likeness (QED) is 0.271. The van der Waals surface area contributed by atoms with Crippen molar-refractivity contribution in [1.29, 1.82) is 0 Å². The van der Waals surface area contributed by atoms with Gasteiger partial charge in [-0.3, -0.25) is 34.2 Å². The zero-order chi connectivity index (χ0) is 66.5. The number of hydrogen-bond acceptors (Lipinski definition) is 11. The molecule has 6 heterocycles. The zero-order valence-corrected chi connectivity index (χ0v) is 60.7. The van der Waals surface area contributed by atoms with Crippen LogP contribution in [-0.2, 0) is 15.0 Å². The van der Waals surface area contributed by atoms with Gasteiger partial charge in [-0.25, -0.2) is 20.1 Å². The molecule has 502 valence electrons. The largest absolute Gasteiger partial charge is 0.393 e. The van der Waals surface area contributed by atoms with Crippen LogP contribution < -0.4 is 0 Å². The lowest BCUT2D eigenvalue weighted by atomic mass is 9.75. The summed E-state index contributed by atoms with van der Waals surface area (Å²) in [6.07, 6.45) is 5.74. The van der Waals surface area contributed by atoms with Crippen molar-refractivity contribution in [3.63, 3.8) is 0 Å². The molecule has 85 heavy (non-hydrogen) atoms. The SMILES string of the molecule is CC(C)(C)N1C(C)(C)CC(O)CC1(C)C.CC(C)(C)N1CCC(F)(F)CC1.CN(C)C(=O)C1CCN(C(C)(C)C)CC1.CN(C)C(=O)N1CCN(C(C)(C)C)CC1.CN(C)S(=O)(=O)N1CCN(C(C)(C)C)CC1.[C-]#[N+]C1CCN(C(C)(C)C)CC1. The number of aliphatic hydroxyl groups is 1. The predicted octanol–water partition coefficient (Wildman–Crippen LogP) is 10.4. The number of amides is 3. The molecular formula is C65H132F2N12O5S. The minimum absolute atomic E-state index is 0.0181. The van der Waals surface area contributed by atoms with Gasteiger partial charge in [0, 0.05) is 197 Å². The highest BCUT2D eigenvalue weighted by molar-refractivity contribution is 7.86. The molecule has 0 unspecified atom stereocenters. The second kappa shape index (κ2) is 32.1. The maximum absolute atomic E-state index is 12.7. The van der Waals surface area contributed by atoms with Crippen molar-refractivity contribution >= 4 is 22.1 Å². The fraction of sp³-hybridized carbons (Fsp3) is 0.954. The Bertz CT molecular complexity index is 2050. The number of hydrogen-bond donors (Lipinski definition) is 1. The standard InChI is InChI=1S/C13H27NO.C12H24N2O.C11H23N3O.C10H23N3O2S.C10H18N2.C9H17F2N/c1-11(2,3)14-12(4,5)8-10(15)9-13(14,6)7;1-12(2,3)14-8-6-10(7-9-14)11(15)13(4)5;1-11(2,3)14-8-6-13(7-9-14)10(15)12(4)5;1-10(2,3)12-6-8-13(9-7-12)16(14,15)11(4)5;1-10(2,3)12-7-5-9(11-4)6-8-12;1-8(2,3)12-6-4-9(10,11)5-7-12/h10,15H,8-9H2,1-7H3;10H,6-9H2,1-5H3;6-9H2,1-5H3;6-9H2,1-5H3;9H,5-8H2,1-3H3;4-7H2,1-3H3. The minimum atomic E-state index is -3.23. The van der Waals surface area contributed by atoms with Crippen molar-refractivity contribution in [3.8, 4) is 0 Å². The number of urea groups is 1. The number of carbonyl (C=O) groups excluding carboxylic acids is 2. The summed E-state index contributed by atoms with van der Waals surface area (Å²) in [7, 11) is 7.22. The molecule has 6 saturated heterocycles. The molecule has 3 amide bonds. The number of nitrogens with zero attached hydrogens (tertiary/aromatic N) is 12. The second-order valence-corrected chi connectivity index (χ2v) is 34.7. The molecule has 0 radical (unpaired) electrons. The van der Waals surface area contributed by atoms with Crippen molar-refractivity contribution in [3.05, 3.63) is 11.4 Å². The van der Waals surface area contributed by atoms with E-state index in [0.717, 1.165) is 104 Å². The van der Waals surface area contributed by atoms with Gasteiger partial charge in [-0.15, -0.1) is 0 Å². The molecule has 0 aromatic rings. The summed E-state index contributed by atoms with van der Waals surface area (Å²) in [6, 6.07) is 0.423. The Morgan fingerprint density at radius 2 is 0.812 bits per heavy atom. The predicted molar refractivity (Wildman–Crippen MR) is 352 cm³/mol. The summed E-state index contributed by atoms with van der Waals surface area (Å²) in [5, 5.41) is 9.94. The van der Waals surface area contributed by atoms with Crippen LogP contribution in [0.4, 0.5) is 13.6 Å². The molecule has 0 aromatic heterocycles. The van der Waals surface area contributed by atoms with Crippen LogP contribution in [0.1, 0.15) is 204 Å². The maximum atomic E-state index is 12.7. The molecule has 0 aliphatic carbocycles. The van der Waals surface area contributed by atoms with Gasteiger partial charge in [0.25, 0.3) is 16.1 Å². The Hall–Kier alpha value is -2.32. The van der Waals surface area contributed by atoms with E-state index in [4.69, 9.17) is 6.57 Å². The normalized spacial score (nSPS) is 22.7. The van der Waals surface area contributed by atoms with Crippen molar-refractivity contribution in [2.75, 3.05) is 134 Å². The summed E-state index contributed by atoms with van der Waals surface area (Å²) in [5.74, 6) is -1.87. The first-order chi connectivity index (χ1) is 38.1. The Morgan fingerprint density at radius 1 is 0.494 bits per heavy atom. The molecule has 0 atom stereocenters. The summed E-state index contributed by atoms with van der Waals surface area (Å²) < 4.78 is 52.1. The third-order valence-electron chi connectivity index (χ3n) is 17.5. The lowest BCUT2D eigenvalue weighted by molar-refractivity contribution is -0.135. The fourth-order valence-electron chi connectivity index (χ4n) is 13.0. The summed E-state index contributed by atoms with van der Waals surface area (Å²) >= 11 is 0. The lowest BCUT2D eigenvalue weighted by Crippen LogP contribution is -2.67. The molecule has 17 nitrogen and oxygen atoms in total. The molecule has 20 heteroatoms. The molecule has 6 aliphatic rings. The average Bonchev–Trinajstić information content (AvgIpc) is 3.50. The Morgan fingerprint density at radius 3 is 1.11 bits per heavy atom. The van der Waals surface area contributed by atoms with Gasteiger partial charge in [0.05, 0.1) is 6.10 Å². The molecule has 0 aromatic carbocycles. The smallest absolute Gasteiger partial charge is 0.319 e. The van der Waals surface area contributed by atoms with E-state index in [-0.39, 0.29) is 75.2 Å². The number of aliphatic hydroxyl groups excluding tert-OH is 1. The van der Waals surface area contributed by atoms with Crippen LogP contribution in [0.3, 0.4) is 0 Å². The van der Waals surface area contributed by atoms with Crippen LogP contribution in [0.15, 0.2) is 0 Å². The molecule has 6 fully saturated rings. The molecule has 6 aliphatic heterocycles. The van der Waals surface area contributed by atoms with E-state index in [1.807, 2.05) is 19.0 Å². The van der Waals surface area contributed by atoms with Crippen molar-refractivity contribution in [2.24, 2.45) is 5.92 Å². The Balaban J connectivity index is 0.000000511. The zero-order valence-electron chi connectivity index (χ0n) is 59.9. The Labute approximate surface area is 521 Å². The maximum Gasteiger partial charge on any atom is 0.319 e. The first-order valence-electron chi connectivity index (χ1n) is 31.9. The molecule has 0 spiro atoms. The van der Waals surface area contributed by atoms with E-state index < -0.39 is 16.1 Å². The lowest BCUT2D eigenvalue weighted by Gasteiger charge is -2.60. The molecule has 6 rings (SSSR count). The van der Waals surface area contributed by atoms with Crippen LogP contribution in [0.25, 0.3) is 4.85 Å². The Kier molecular flexibility index (Phi) is 30.5. The minimum Gasteiger partial charge on any atom is -0.393 e. The van der Waals surface area contributed by atoms with Gasteiger partial charge in [0.15, 0.2) is 0 Å². The third kappa shape index (κ3) is 27.4. The molecule has 1 N–H and O–H groups in total. The number of piperazine rings is 2. The highest BCUT2D eigenvalue weighted by Gasteiger charge is 2.49. The highest BCUT2D eigenvalue weighted by Crippen LogP contribution is 2.43. The fourth-order valence-corrected chi connectivity index (χ4v) is 14.1. The van der Waals surface area contributed by atoms with Crippen molar-refractivity contribution in [1.82, 2.24) is 52.7 Å². The van der Waals surface area contributed by atoms with E-state index in [1.54, 1.807) is 42.3 Å². The van der Waals surface area contributed by atoms with Crippen LogP contribution >= 0.6 is 0 Å². The van der Waals surface area contributed by atoms with E-state index >= 15 is 0 Å². The van der Waals surface area contributed by atoms with Gasteiger partial charge < -0.3 is 24.7 Å². The monoisotopic (exact) mass is 1230 g/mol. The molecular weight excluding hydrogens is 1100 g/mol. The van der Waals surface area contributed by atoms with Gasteiger partial charge in [0.1, 0.15) is 0 Å². The number of rotatable bonds is 3. The van der Waals surface area contributed by atoms with Crippen molar-refractivity contribution < 1.29 is 31.9 Å². The van der Waals surface area contributed by atoms with Gasteiger partial charge in [-0.05, 0) is 191 Å². The summed E-state index contributed by atoms with van der Waals surface area (Å²) in [6.45, 7) is 67.1. The van der Waals surface area contributed by atoms with Gasteiger partial charge in [0.2, 0.25) is 11.9 Å².